The summed E-state index contributed by atoms with van der Waals surface area (Å²) in [6, 6.07) is 7.57. The summed E-state index contributed by atoms with van der Waals surface area (Å²) < 4.78 is 9.02. The fourth-order valence-corrected chi connectivity index (χ4v) is 3.03. The predicted molar refractivity (Wildman–Crippen MR) is 89.6 cm³/mol. The van der Waals surface area contributed by atoms with Gasteiger partial charge in [-0.1, -0.05) is 31.5 Å². The van der Waals surface area contributed by atoms with Gasteiger partial charge in [0.1, 0.15) is 12.3 Å². The van der Waals surface area contributed by atoms with Crippen LogP contribution in [-0.2, 0) is 24.4 Å². The van der Waals surface area contributed by atoms with E-state index in [4.69, 9.17) is 4.74 Å². The average Bonchev–Trinajstić information content (AvgIpc) is 3.05. The van der Waals surface area contributed by atoms with Gasteiger partial charge in [-0.15, -0.1) is 10.2 Å². The third-order valence-corrected chi connectivity index (χ3v) is 4.32. The van der Waals surface area contributed by atoms with Crippen molar-refractivity contribution >= 4 is 10.8 Å². The Kier molecular flexibility index (Phi) is 3.86. The molecule has 0 radical (unpaired) electrons. The molecule has 1 aliphatic heterocycles. The number of rotatable bonds is 4. The zero-order chi connectivity index (χ0) is 16.5. The van der Waals surface area contributed by atoms with Crippen LogP contribution in [0.25, 0.3) is 22.3 Å². The van der Waals surface area contributed by atoms with Crippen LogP contribution < -0.4 is 5.56 Å². The Morgan fingerprint density at radius 1 is 1.21 bits per heavy atom. The van der Waals surface area contributed by atoms with E-state index >= 15 is 0 Å². The highest BCUT2D eigenvalue weighted by atomic mass is 16.5. The van der Waals surface area contributed by atoms with Crippen LogP contribution in [0.1, 0.15) is 25.6 Å². The molecule has 0 saturated heterocycles. The van der Waals surface area contributed by atoms with Crippen LogP contribution in [0.2, 0.25) is 0 Å². The number of fused-ring (bicyclic) bond motifs is 2. The number of hydrogen-bond donors (Lipinski definition) is 0. The van der Waals surface area contributed by atoms with Gasteiger partial charge in [-0.3, -0.25) is 4.79 Å². The van der Waals surface area contributed by atoms with Crippen LogP contribution >= 0.6 is 0 Å². The van der Waals surface area contributed by atoms with Gasteiger partial charge in [0.15, 0.2) is 11.6 Å². The van der Waals surface area contributed by atoms with Gasteiger partial charge in [0, 0.05) is 18.5 Å². The van der Waals surface area contributed by atoms with Crippen LogP contribution in [0.4, 0.5) is 0 Å². The first-order valence-electron chi connectivity index (χ1n) is 8.29. The maximum Gasteiger partial charge on any atom is 0.274 e. The fraction of sp³-hybridized carbons (Fsp3) is 0.412. The SMILES string of the molecule is CCCCn1nc(-c2nnc3n2CCOC3)c2ccccc2c1=O. The number of benzene rings is 1. The van der Waals surface area contributed by atoms with E-state index in [1.165, 1.54) is 0 Å². The summed E-state index contributed by atoms with van der Waals surface area (Å²) in [6.07, 6.45) is 1.92. The Labute approximate surface area is 138 Å². The van der Waals surface area contributed by atoms with Crippen molar-refractivity contribution in [3.05, 3.63) is 40.4 Å². The van der Waals surface area contributed by atoms with Gasteiger partial charge in [0.05, 0.1) is 12.0 Å². The molecule has 24 heavy (non-hydrogen) atoms. The number of unbranched alkanes of at least 4 members (excludes halogenated alkanes) is 1. The van der Waals surface area contributed by atoms with Gasteiger partial charge >= 0.3 is 0 Å². The van der Waals surface area contributed by atoms with Gasteiger partial charge in [-0.2, -0.15) is 5.10 Å². The molecule has 0 N–H and O–H groups in total. The highest BCUT2D eigenvalue weighted by Gasteiger charge is 2.21. The van der Waals surface area contributed by atoms with Crippen molar-refractivity contribution in [2.75, 3.05) is 6.61 Å². The average molecular weight is 325 g/mol. The van der Waals surface area contributed by atoms with Gasteiger partial charge in [0.2, 0.25) is 0 Å². The molecule has 7 nitrogen and oxygen atoms in total. The normalized spacial score (nSPS) is 14.0. The minimum absolute atomic E-state index is 0.0514. The Morgan fingerprint density at radius 3 is 2.88 bits per heavy atom. The Hall–Kier alpha value is -2.54. The molecule has 0 fully saturated rings. The molecule has 3 aromatic rings. The van der Waals surface area contributed by atoms with Crippen molar-refractivity contribution < 1.29 is 4.74 Å². The zero-order valence-corrected chi connectivity index (χ0v) is 13.6. The molecule has 0 spiro atoms. The Bertz CT molecular complexity index is 944. The van der Waals surface area contributed by atoms with E-state index in [2.05, 4.69) is 22.2 Å². The molecule has 124 valence electrons. The van der Waals surface area contributed by atoms with Crippen molar-refractivity contribution in [3.8, 4) is 11.5 Å². The van der Waals surface area contributed by atoms with E-state index in [9.17, 15) is 4.79 Å². The highest BCUT2D eigenvalue weighted by Crippen LogP contribution is 2.25. The molecule has 0 aliphatic carbocycles. The van der Waals surface area contributed by atoms with Crippen LogP contribution in [0.5, 0.6) is 0 Å². The Morgan fingerprint density at radius 2 is 2.04 bits per heavy atom. The molecule has 1 aromatic carbocycles. The molecule has 4 rings (SSSR count). The third-order valence-electron chi connectivity index (χ3n) is 4.32. The van der Waals surface area contributed by atoms with Crippen molar-refractivity contribution in [1.29, 1.82) is 0 Å². The largest absolute Gasteiger partial charge is 0.372 e. The standard InChI is InChI=1S/C17H19N5O2/c1-2-3-8-22-17(23)13-7-5-4-6-12(13)15(20-22)16-19-18-14-11-24-10-9-21(14)16/h4-7H,2-3,8-11H2,1H3. The number of aryl methyl sites for hydroxylation is 1. The van der Waals surface area contributed by atoms with Crippen molar-refractivity contribution in [1.82, 2.24) is 24.5 Å². The van der Waals surface area contributed by atoms with E-state index in [1.807, 2.05) is 28.8 Å². The molecular formula is C17H19N5O2. The van der Waals surface area contributed by atoms with Crippen LogP contribution in [0.15, 0.2) is 29.1 Å². The molecule has 1 aliphatic rings. The van der Waals surface area contributed by atoms with Crippen molar-refractivity contribution in [2.45, 2.75) is 39.5 Å². The monoisotopic (exact) mass is 325 g/mol. The predicted octanol–water partition coefficient (Wildman–Crippen LogP) is 1.99. The summed E-state index contributed by atoms with van der Waals surface area (Å²) in [7, 11) is 0. The summed E-state index contributed by atoms with van der Waals surface area (Å²) in [6.45, 7) is 4.49. The minimum Gasteiger partial charge on any atom is -0.372 e. The molecule has 7 heteroatoms. The number of ether oxygens (including phenoxy) is 1. The molecule has 2 aromatic heterocycles. The van der Waals surface area contributed by atoms with E-state index in [-0.39, 0.29) is 5.56 Å². The second kappa shape index (κ2) is 6.16. The topological polar surface area (TPSA) is 74.8 Å². The summed E-state index contributed by atoms with van der Waals surface area (Å²) in [5.74, 6) is 1.50. The molecule has 0 unspecified atom stereocenters. The van der Waals surface area contributed by atoms with E-state index in [0.29, 0.717) is 43.2 Å². The fourth-order valence-electron chi connectivity index (χ4n) is 3.03. The highest BCUT2D eigenvalue weighted by molar-refractivity contribution is 5.92. The second-order valence-corrected chi connectivity index (χ2v) is 5.92. The van der Waals surface area contributed by atoms with E-state index in [1.54, 1.807) is 4.68 Å². The second-order valence-electron chi connectivity index (χ2n) is 5.92. The zero-order valence-electron chi connectivity index (χ0n) is 13.6. The molecule has 3 heterocycles. The first-order chi connectivity index (χ1) is 11.8. The molecular weight excluding hydrogens is 306 g/mol. The maximum atomic E-state index is 12.7. The van der Waals surface area contributed by atoms with Crippen molar-refractivity contribution in [3.63, 3.8) is 0 Å². The quantitative estimate of drug-likeness (QED) is 0.733. The van der Waals surface area contributed by atoms with Gasteiger partial charge < -0.3 is 9.30 Å². The summed E-state index contributed by atoms with van der Waals surface area (Å²) >= 11 is 0. The van der Waals surface area contributed by atoms with E-state index in [0.717, 1.165) is 24.1 Å². The molecule has 0 bridgehead atoms. The minimum atomic E-state index is -0.0514. The maximum absolute atomic E-state index is 12.7. The lowest BCUT2D eigenvalue weighted by Gasteiger charge is -2.16. The summed E-state index contributed by atoms with van der Waals surface area (Å²) in [5.41, 5.74) is 0.659. The molecule has 0 saturated carbocycles. The molecule has 0 amide bonds. The van der Waals surface area contributed by atoms with E-state index < -0.39 is 0 Å². The number of hydrogen-bond acceptors (Lipinski definition) is 5. The lowest BCUT2D eigenvalue weighted by Crippen LogP contribution is -2.25. The molecule has 0 atom stereocenters. The van der Waals surface area contributed by atoms with Gasteiger partial charge in [-0.05, 0) is 12.5 Å². The smallest absolute Gasteiger partial charge is 0.274 e. The van der Waals surface area contributed by atoms with Crippen LogP contribution in [-0.4, -0.2) is 31.2 Å². The van der Waals surface area contributed by atoms with Crippen molar-refractivity contribution in [2.24, 2.45) is 0 Å². The first-order valence-corrected chi connectivity index (χ1v) is 8.29. The first kappa shape index (κ1) is 15.0. The van der Waals surface area contributed by atoms with Gasteiger partial charge in [0.25, 0.3) is 5.56 Å². The summed E-state index contributed by atoms with van der Waals surface area (Å²) in [4.78, 5) is 12.7. The van der Waals surface area contributed by atoms with Gasteiger partial charge in [-0.25, -0.2) is 4.68 Å². The lowest BCUT2D eigenvalue weighted by molar-refractivity contribution is 0.0820. The Balaban J connectivity index is 1.96. The third kappa shape index (κ3) is 2.41. The summed E-state index contributed by atoms with van der Waals surface area (Å²) in [5, 5.41) is 14.7. The van der Waals surface area contributed by atoms with Crippen LogP contribution in [0.3, 0.4) is 0 Å². The lowest BCUT2D eigenvalue weighted by atomic mass is 10.1. The number of nitrogens with zero attached hydrogens (tertiary/aromatic N) is 5. The van der Waals surface area contributed by atoms with Crippen LogP contribution in [0, 0.1) is 0 Å². The number of aromatic nitrogens is 5.